The Labute approximate surface area is 204 Å². The molecule has 2 aromatic carbocycles. The van der Waals surface area contributed by atoms with Crippen molar-refractivity contribution in [2.45, 2.75) is 32.6 Å². The normalized spacial score (nSPS) is 13.8. The minimum atomic E-state index is -0.263. The van der Waals surface area contributed by atoms with Gasteiger partial charge in [0.1, 0.15) is 5.82 Å². The van der Waals surface area contributed by atoms with E-state index < -0.39 is 0 Å². The fourth-order valence-electron chi connectivity index (χ4n) is 4.08. The highest BCUT2D eigenvalue weighted by atomic mass is 16.5. The zero-order valence-corrected chi connectivity index (χ0v) is 20.2. The number of para-hydroxylation sites is 2. The predicted octanol–water partition coefficient (Wildman–Crippen LogP) is 3.06. The van der Waals surface area contributed by atoms with Crippen LogP contribution in [0.3, 0.4) is 0 Å². The third-order valence-electron chi connectivity index (χ3n) is 5.93. The molecule has 0 spiro atoms. The number of nitrogens with zero attached hydrogens (tertiary/aromatic N) is 4. The SMILES string of the molecule is CCOc1cc(/C=N/NC(=O)Cc2nc3ccccc3n2C)ccc1OCC(=O)N1CCCCC1. The molecule has 184 valence electrons. The molecule has 2 amide bonds. The third kappa shape index (κ3) is 6.17. The summed E-state index contributed by atoms with van der Waals surface area (Å²) in [6.45, 7) is 3.89. The number of hydrazone groups is 1. The zero-order chi connectivity index (χ0) is 24.6. The smallest absolute Gasteiger partial charge is 0.260 e. The van der Waals surface area contributed by atoms with Crippen molar-refractivity contribution in [2.75, 3.05) is 26.3 Å². The third-order valence-corrected chi connectivity index (χ3v) is 5.93. The van der Waals surface area contributed by atoms with Crippen LogP contribution in [0.2, 0.25) is 0 Å². The summed E-state index contributed by atoms with van der Waals surface area (Å²) in [5, 5.41) is 4.07. The quantitative estimate of drug-likeness (QED) is 0.377. The Balaban J connectivity index is 1.34. The van der Waals surface area contributed by atoms with Crippen LogP contribution in [0.25, 0.3) is 11.0 Å². The van der Waals surface area contributed by atoms with Crippen molar-refractivity contribution in [2.24, 2.45) is 12.1 Å². The topological polar surface area (TPSA) is 98.0 Å². The van der Waals surface area contributed by atoms with Gasteiger partial charge >= 0.3 is 0 Å². The van der Waals surface area contributed by atoms with Gasteiger partial charge in [0.2, 0.25) is 5.91 Å². The summed E-state index contributed by atoms with van der Waals surface area (Å²) < 4.78 is 13.4. The van der Waals surface area contributed by atoms with Crippen molar-refractivity contribution in [3.63, 3.8) is 0 Å². The number of rotatable bonds is 9. The van der Waals surface area contributed by atoms with Crippen molar-refractivity contribution in [3.05, 3.63) is 53.9 Å². The first-order chi connectivity index (χ1) is 17.0. The van der Waals surface area contributed by atoms with E-state index in [-0.39, 0.29) is 24.8 Å². The fraction of sp³-hybridized carbons (Fsp3) is 0.385. The number of carbonyl (C=O) groups excluding carboxylic acids is 2. The number of aryl methyl sites for hydroxylation is 1. The molecule has 0 aliphatic carbocycles. The average Bonchev–Trinajstić information content (AvgIpc) is 3.19. The molecule has 1 aromatic heterocycles. The van der Waals surface area contributed by atoms with Crippen LogP contribution in [-0.2, 0) is 23.1 Å². The molecule has 0 bridgehead atoms. The first-order valence-corrected chi connectivity index (χ1v) is 11.9. The molecular formula is C26H31N5O4. The van der Waals surface area contributed by atoms with Crippen LogP contribution in [0, 0.1) is 0 Å². The molecule has 9 nitrogen and oxygen atoms in total. The molecule has 1 aliphatic rings. The number of piperidine rings is 1. The van der Waals surface area contributed by atoms with Crippen molar-refractivity contribution in [1.29, 1.82) is 0 Å². The van der Waals surface area contributed by atoms with Crippen LogP contribution >= 0.6 is 0 Å². The number of aromatic nitrogens is 2. The van der Waals surface area contributed by atoms with E-state index in [2.05, 4.69) is 15.5 Å². The Kier molecular flexibility index (Phi) is 7.97. The van der Waals surface area contributed by atoms with Gasteiger partial charge in [-0.15, -0.1) is 0 Å². The Bertz CT molecular complexity index is 1210. The number of nitrogens with one attached hydrogen (secondary N) is 1. The van der Waals surface area contributed by atoms with Gasteiger partial charge in [-0.2, -0.15) is 5.10 Å². The van der Waals surface area contributed by atoms with Gasteiger partial charge in [0.25, 0.3) is 5.91 Å². The molecule has 1 saturated heterocycles. The number of benzene rings is 2. The predicted molar refractivity (Wildman–Crippen MR) is 134 cm³/mol. The lowest BCUT2D eigenvalue weighted by Gasteiger charge is -2.26. The van der Waals surface area contributed by atoms with E-state index >= 15 is 0 Å². The Morgan fingerprint density at radius 3 is 2.66 bits per heavy atom. The van der Waals surface area contributed by atoms with Gasteiger partial charge in [-0.3, -0.25) is 9.59 Å². The maximum Gasteiger partial charge on any atom is 0.260 e. The monoisotopic (exact) mass is 477 g/mol. The van der Waals surface area contributed by atoms with Crippen LogP contribution in [0.4, 0.5) is 0 Å². The van der Waals surface area contributed by atoms with Gasteiger partial charge in [0.15, 0.2) is 18.1 Å². The molecule has 0 atom stereocenters. The van der Waals surface area contributed by atoms with Gasteiger partial charge in [-0.1, -0.05) is 12.1 Å². The highest BCUT2D eigenvalue weighted by molar-refractivity contribution is 5.84. The molecule has 4 rings (SSSR count). The summed E-state index contributed by atoms with van der Waals surface area (Å²) in [4.78, 5) is 31.1. The standard InChI is InChI=1S/C26H31N5O4/c1-3-34-23-15-19(11-12-22(23)35-18-26(33)31-13-7-4-8-14-31)17-27-29-25(32)16-24-28-20-9-5-6-10-21(20)30(24)2/h5-6,9-12,15,17H,3-4,7-8,13-14,16,18H2,1-2H3,(H,29,32)/b27-17+. The van der Waals surface area contributed by atoms with Crippen molar-refractivity contribution in [1.82, 2.24) is 19.9 Å². The van der Waals surface area contributed by atoms with Crippen molar-refractivity contribution >= 4 is 29.1 Å². The summed E-state index contributed by atoms with van der Waals surface area (Å²) in [6, 6.07) is 13.1. The van der Waals surface area contributed by atoms with Crippen LogP contribution in [0.1, 0.15) is 37.6 Å². The van der Waals surface area contributed by atoms with E-state index in [9.17, 15) is 9.59 Å². The van der Waals surface area contributed by atoms with E-state index in [0.29, 0.717) is 23.9 Å². The first-order valence-electron chi connectivity index (χ1n) is 11.9. The highest BCUT2D eigenvalue weighted by Gasteiger charge is 2.18. The number of carbonyl (C=O) groups is 2. The largest absolute Gasteiger partial charge is 0.490 e. The molecule has 35 heavy (non-hydrogen) atoms. The molecule has 0 radical (unpaired) electrons. The van der Waals surface area contributed by atoms with Crippen LogP contribution < -0.4 is 14.9 Å². The summed E-state index contributed by atoms with van der Waals surface area (Å²) >= 11 is 0. The number of amides is 2. The van der Waals surface area contributed by atoms with E-state index in [0.717, 1.165) is 42.5 Å². The molecular weight excluding hydrogens is 446 g/mol. The van der Waals surface area contributed by atoms with E-state index in [1.54, 1.807) is 18.2 Å². The number of imidazole rings is 1. The lowest BCUT2D eigenvalue weighted by atomic mass is 10.1. The Morgan fingerprint density at radius 2 is 1.89 bits per heavy atom. The minimum Gasteiger partial charge on any atom is -0.490 e. The summed E-state index contributed by atoms with van der Waals surface area (Å²) in [5.74, 6) is 1.41. The molecule has 1 fully saturated rings. The highest BCUT2D eigenvalue weighted by Crippen LogP contribution is 2.28. The van der Waals surface area contributed by atoms with E-state index in [4.69, 9.17) is 9.47 Å². The summed E-state index contributed by atoms with van der Waals surface area (Å²) in [6.07, 6.45) is 4.91. The fourth-order valence-corrected chi connectivity index (χ4v) is 4.08. The number of likely N-dealkylation sites (tertiary alicyclic amines) is 1. The number of hydrogen-bond donors (Lipinski definition) is 1. The van der Waals surface area contributed by atoms with E-state index in [1.807, 2.05) is 47.7 Å². The van der Waals surface area contributed by atoms with E-state index in [1.165, 1.54) is 12.6 Å². The Morgan fingerprint density at radius 1 is 1.09 bits per heavy atom. The van der Waals surface area contributed by atoms with Crippen LogP contribution in [-0.4, -0.2) is 58.8 Å². The maximum atomic E-state index is 12.4. The lowest BCUT2D eigenvalue weighted by molar-refractivity contribution is -0.134. The molecule has 1 N–H and O–H groups in total. The molecule has 1 aliphatic heterocycles. The second-order valence-electron chi connectivity index (χ2n) is 8.42. The summed E-state index contributed by atoms with van der Waals surface area (Å²) in [5.41, 5.74) is 5.10. The second-order valence-corrected chi connectivity index (χ2v) is 8.42. The average molecular weight is 478 g/mol. The van der Waals surface area contributed by atoms with Gasteiger partial charge in [0, 0.05) is 20.1 Å². The zero-order valence-electron chi connectivity index (χ0n) is 20.2. The lowest BCUT2D eigenvalue weighted by Crippen LogP contribution is -2.38. The van der Waals surface area contributed by atoms with Gasteiger partial charge < -0.3 is 18.9 Å². The Hall–Kier alpha value is -3.88. The van der Waals surface area contributed by atoms with Crippen LogP contribution in [0.15, 0.2) is 47.6 Å². The minimum absolute atomic E-state index is 0.0129. The van der Waals surface area contributed by atoms with Crippen molar-refractivity contribution in [3.8, 4) is 11.5 Å². The summed E-state index contributed by atoms with van der Waals surface area (Å²) in [7, 11) is 1.89. The van der Waals surface area contributed by atoms with Crippen LogP contribution in [0.5, 0.6) is 11.5 Å². The molecule has 2 heterocycles. The number of hydrogen-bond acceptors (Lipinski definition) is 6. The second kappa shape index (κ2) is 11.5. The van der Waals surface area contributed by atoms with Crippen molar-refractivity contribution < 1.29 is 19.1 Å². The molecule has 3 aromatic rings. The molecule has 0 unspecified atom stereocenters. The first kappa shape index (κ1) is 24.3. The number of fused-ring (bicyclic) bond motifs is 1. The molecule has 9 heteroatoms. The maximum absolute atomic E-state index is 12.4. The number of ether oxygens (including phenoxy) is 2. The van der Waals surface area contributed by atoms with Gasteiger partial charge in [-0.25, -0.2) is 10.4 Å². The van der Waals surface area contributed by atoms with Gasteiger partial charge in [-0.05, 0) is 62.1 Å². The van der Waals surface area contributed by atoms with Gasteiger partial charge in [0.05, 0.1) is 30.3 Å². The molecule has 0 saturated carbocycles.